The molecule has 0 bridgehead atoms. The number of aliphatic hydroxyl groups is 1. The third-order valence-corrected chi connectivity index (χ3v) is 3.67. The molecular formula is C10H9ClN4OS. The number of aliphatic hydroxyl groups excluding tert-OH is 1. The topological polar surface area (TPSA) is 55.4 Å². The number of thiazole rings is 1. The van der Waals surface area contributed by atoms with E-state index in [4.69, 9.17) is 11.6 Å². The van der Waals surface area contributed by atoms with Crippen LogP contribution in [0.5, 0.6) is 0 Å². The van der Waals surface area contributed by atoms with Crippen LogP contribution in [-0.2, 0) is 6.61 Å². The molecule has 0 saturated heterocycles. The van der Waals surface area contributed by atoms with Crippen LogP contribution in [0.15, 0.2) is 17.8 Å². The van der Waals surface area contributed by atoms with Crippen molar-refractivity contribution in [3.8, 4) is 5.82 Å². The predicted octanol–water partition coefficient (Wildman–Crippen LogP) is 2.04. The first-order valence-corrected chi connectivity index (χ1v) is 6.24. The Morgan fingerprint density at radius 3 is 3.00 bits per heavy atom. The van der Waals surface area contributed by atoms with Crippen LogP contribution in [0.3, 0.4) is 0 Å². The number of rotatable bonds is 2. The van der Waals surface area contributed by atoms with Gasteiger partial charge in [0.1, 0.15) is 0 Å². The Morgan fingerprint density at radius 1 is 1.53 bits per heavy atom. The number of fused-ring (bicyclic) bond motifs is 1. The minimum atomic E-state index is -0.0935. The molecule has 3 aromatic rings. The first kappa shape index (κ1) is 10.8. The van der Waals surface area contributed by atoms with Crippen LogP contribution in [-0.4, -0.2) is 24.3 Å². The summed E-state index contributed by atoms with van der Waals surface area (Å²) in [6, 6.07) is 0. The summed E-state index contributed by atoms with van der Waals surface area (Å²) in [6.07, 6.45) is 3.57. The van der Waals surface area contributed by atoms with E-state index >= 15 is 0 Å². The van der Waals surface area contributed by atoms with Crippen molar-refractivity contribution in [2.75, 3.05) is 0 Å². The summed E-state index contributed by atoms with van der Waals surface area (Å²) in [4.78, 5) is 5.26. The van der Waals surface area contributed by atoms with Gasteiger partial charge < -0.3 is 5.11 Å². The Kier molecular flexibility index (Phi) is 2.43. The predicted molar refractivity (Wildman–Crippen MR) is 65.9 cm³/mol. The summed E-state index contributed by atoms with van der Waals surface area (Å²) < 4.78 is 3.45. The number of hydrogen-bond donors (Lipinski definition) is 1. The summed E-state index contributed by atoms with van der Waals surface area (Å²) in [5.41, 5.74) is 1.45. The van der Waals surface area contributed by atoms with E-state index in [9.17, 15) is 5.11 Å². The Morgan fingerprint density at radius 2 is 2.35 bits per heavy atom. The number of aromatic nitrogens is 4. The van der Waals surface area contributed by atoms with Gasteiger partial charge >= 0.3 is 0 Å². The molecular weight excluding hydrogens is 260 g/mol. The molecule has 0 radical (unpaired) electrons. The van der Waals surface area contributed by atoms with Gasteiger partial charge in [0.15, 0.2) is 10.8 Å². The van der Waals surface area contributed by atoms with Crippen LogP contribution in [0.1, 0.15) is 11.4 Å². The maximum absolute atomic E-state index is 9.43. The lowest BCUT2D eigenvalue weighted by molar-refractivity contribution is 0.275. The monoisotopic (exact) mass is 268 g/mol. The third-order valence-electron chi connectivity index (χ3n) is 2.55. The van der Waals surface area contributed by atoms with Crippen molar-refractivity contribution >= 4 is 27.9 Å². The number of hydrogen-bond acceptors (Lipinski definition) is 4. The zero-order chi connectivity index (χ0) is 12.0. The second-order valence-electron chi connectivity index (χ2n) is 3.60. The van der Waals surface area contributed by atoms with Crippen LogP contribution >= 0.6 is 22.9 Å². The molecule has 0 spiro atoms. The Hall–Kier alpha value is -1.37. The van der Waals surface area contributed by atoms with Crippen molar-refractivity contribution in [1.29, 1.82) is 0 Å². The van der Waals surface area contributed by atoms with Gasteiger partial charge in [0.25, 0.3) is 0 Å². The van der Waals surface area contributed by atoms with Crippen molar-refractivity contribution in [3.05, 3.63) is 34.2 Å². The van der Waals surface area contributed by atoms with E-state index in [-0.39, 0.29) is 6.61 Å². The second-order valence-corrected chi connectivity index (χ2v) is 4.88. The van der Waals surface area contributed by atoms with Gasteiger partial charge in [0.2, 0.25) is 0 Å². The molecule has 88 valence electrons. The van der Waals surface area contributed by atoms with Crippen LogP contribution in [0, 0.1) is 6.92 Å². The molecule has 0 unspecified atom stereocenters. The molecule has 0 saturated carbocycles. The number of imidazole rings is 1. The molecule has 0 aromatic carbocycles. The average Bonchev–Trinajstić information content (AvgIpc) is 2.93. The fourth-order valence-corrected chi connectivity index (χ4v) is 2.56. The molecule has 0 amide bonds. The number of halogens is 1. The lowest BCUT2D eigenvalue weighted by atomic mass is 10.4. The summed E-state index contributed by atoms with van der Waals surface area (Å²) in [7, 11) is 0. The van der Waals surface area contributed by atoms with Gasteiger partial charge in [-0.2, -0.15) is 10.1 Å². The van der Waals surface area contributed by atoms with Gasteiger partial charge in [0.05, 0.1) is 29.2 Å². The SMILES string of the molecule is Cc1nn(-c2nc3sccn3c2CO)cc1Cl. The molecule has 3 rings (SSSR count). The first-order chi connectivity index (χ1) is 8.20. The second kappa shape index (κ2) is 3.83. The van der Waals surface area contributed by atoms with E-state index in [1.165, 1.54) is 11.3 Å². The Labute approximate surface area is 106 Å². The normalized spacial score (nSPS) is 11.5. The molecule has 3 aromatic heterocycles. The summed E-state index contributed by atoms with van der Waals surface area (Å²) in [5, 5.41) is 16.2. The molecule has 0 aliphatic heterocycles. The van der Waals surface area contributed by atoms with Gasteiger partial charge in [-0.3, -0.25) is 4.40 Å². The van der Waals surface area contributed by atoms with Crippen LogP contribution in [0.2, 0.25) is 5.02 Å². The molecule has 17 heavy (non-hydrogen) atoms. The minimum Gasteiger partial charge on any atom is -0.390 e. The van der Waals surface area contributed by atoms with Gasteiger partial charge in [-0.15, -0.1) is 11.3 Å². The molecule has 0 fully saturated rings. The molecule has 0 aliphatic carbocycles. The highest BCUT2D eigenvalue weighted by atomic mass is 35.5. The fourth-order valence-electron chi connectivity index (χ4n) is 1.70. The summed E-state index contributed by atoms with van der Waals surface area (Å²) >= 11 is 7.48. The van der Waals surface area contributed by atoms with E-state index in [0.29, 0.717) is 16.5 Å². The average molecular weight is 269 g/mol. The Bertz CT molecular complexity index is 664. The Balaban J connectivity index is 2.25. The lowest BCUT2D eigenvalue weighted by Gasteiger charge is -1.99. The number of aryl methyl sites for hydroxylation is 1. The third kappa shape index (κ3) is 1.56. The van der Waals surface area contributed by atoms with Gasteiger partial charge in [-0.05, 0) is 6.92 Å². The smallest absolute Gasteiger partial charge is 0.196 e. The van der Waals surface area contributed by atoms with Crippen molar-refractivity contribution in [2.45, 2.75) is 13.5 Å². The van der Waals surface area contributed by atoms with Crippen LogP contribution < -0.4 is 0 Å². The molecule has 5 nitrogen and oxygen atoms in total. The fraction of sp³-hybridized carbons (Fsp3) is 0.200. The van der Waals surface area contributed by atoms with E-state index in [0.717, 1.165) is 10.7 Å². The van der Waals surface area contributed by atoms with Crippen LogP contribution in [0.4, 0.5) is 0 Å². The van der Waals surface area contributed by atoms with Crippen molar-refractivity contribution in [2.24, 2.45) is 0 Å². The standard InChI is InChI=1S/C10H9ClN4OS/c1-6-7(11)4-15(13-6)9-8(5-16)14-2-3-17-10(14)12-9/h2-4,16H,5H2,1H3. The van der Waals surface area contributed by atoms with E-state index in [1.807, 2.05) is 22.9 Å². The van der Waals surface area contributed by atoms with Crippen molar-refractivity contribution in [3.63, 3.8) is 0 Å². The summed E-state index contributed by atoms with van der Waals surface area (Å²) in [5.74, 6) is 0.620. The molecule has 0 atom stereocenters. The summed E-state index contributed by atoms with van der Waals surface area (Å²) in [6.45, 7) is 1.74. The van der Waals surface area contributed by atoms with Crippen molar-refractivity contribution in [1.82, 2.24) is 19.2 Å². The van der Waals surface area contributed by atoms with E-state index < -0.39 is 0 Å². The zero-order valence-corrected chi connectivity index (χ0v) is 10.5. The molecule has 7 heteroatoms. The molecule has 1 N–H and O–H groups in total. The van der Waals surface area contributed by atoms with Crippen molar-refractivity contribution < 1.29 is 5.11 Å². The maximum Gasteiger partial charge on any atom is 0.196 e. The van der Waals surface area contributed by atoms with E-state index in [1.54, 1.807) is 10.9 Å². The maximum atomic E-state index is 9.43. The zero-order valence-electron chi connectivity index (χ0n) is 8.96. The van der Waals surface area contributed by atoms with E-state index in [2.05, 4.69) is 10.1 Å². The van der Waals surface area contributed by atoms with Gasteiger partial charge in [-0.25, -0.2) is 4.68 Å². The number of nitrogens with zero attached hydrogens (tertiary/aromatic N) is 4. The highest BCUT2D eigenvalue weighted by Crippen LogP contribution is 2.22. The van der Waals surface area contributed by atoms with Gasteiger partial charge in [-0.1, -0.05) is 11.6 Å². The molecule has 0 aliphatic rings. The van der Waals surface area contributed by atoms with Crippen LogP contribution in [0.25, 0.3) is 10.8 Å². The largest absolute Gasteiger partial charge is 0.390 e. The lowest BCUT2D eigenvalue weighted by Crippen LogP contribution is -2.01. The quantitative estimate of drug-likeness (QED) is 0.774. The highest BCUT2D eigenvalue weighted by molar-refractivity contribution is 7.15. The van der Waals surface area contributed by atoms with Gasteiger partial charge in [0, 0.05) is 11.6 Å². The molecule has 3 heterocycles. The highest BCUT2D eigenvalue weighted by Gasteiger charge is 2.15. The minimum absolute atomic E-state index is 0.0935. The first-order valence-electron chi connectivity index (χ1n) is 4.98.